The van der Waals surface area contributed by atoms with Crippen molar-refractivity contribution in [2.75, 3.05) is 0 Å². The number of rotatable bonds is 11. The Morgan fingerprint density at radius 3 is 1.26 bits per heavy atom. The van der Waals surface area contributed by atoms with Gasteiger partial charge in [-0.3, -0.25) is 0 Å². The van der Waals surface area contributed by atoms with Gasteiger partial charge in [-0.2, -0.15) is 5.26 Å². The van der Waals surface area contributed by atoms with Crippen LogP contribution in [0.15, 0.2) is 169 Å². The Balaban J connectivity index is 1.54. The molecule has 0 bridgehead atoms. The fraction of sp³-hybridized carbons (Fsp3) is 0.319. The summed E-state index contributed by atoms with van der Waals surface area (Å²) < 4.78 is 5.02. The van der Waals surface area contributed by atoms with Gasteiger partial charge in [-0.15, -0.1) is 0 Å². The molecular formula is C69H75N5. The van der Waals surface area contributed by atoms with Crippen molar-refractivity contribution in [1.82, 2.24) is 19.1 Å². The number of allylic oxidation sites excluding steroid dienone is 6. The number of nitriles is 1. The molecule has 376 valence electrons. The zero-order chi connectivity index (χ0) is 53.0. The fourth-order valence-corrected chi connectivity index (χ4v) is 10.7. The molecule has 5 heteroatoms. The predicted molar refractivity (Wildman–Crippen MR) is 316 cm³/mol. The number of hydrogen-bond acceptors (Lipinski definition) is 3. The molecule has 0 saturated carbocycles. The van der Waals surface area contributed by atoms with Crippen LogP contribution in [0.3, 0.4) is 0 Å². The Morgan fingerprint density at radius 1 is 0.500 bits per heavy atom. The molecule has 0 aliphatic carbocycles. The van der Waals surface area contributed by atoms with Crippen molar-refractivity contribution in [3.63, 3.8) is 0 Å². The molecule has 0 aliphatic heterocycles. The van der Waals surface area contributed by atoms with Crippen LogP contribution < -0.4 is 0 Å². The molecule has 6 aromatic carbocycles. The largest absolute Gasteiger partial charge is 0.337 e. The average Bonchev–Trinajstić information content (AvgIpc) is 3.86. The third kappa shape index (κ3) is 9.57. The van der Waals surface area contributed by atoms with Crippen LogP contribution in [0, 0.1) is 11.3 Å². The number of benzene rings is 6. The maximum atomic E-state index is 12.2. The van der Waals surface area contributed by atoms with Crippen LogP contribution in [0.1, 0.15) is 138 Å². The zero-order valence-electron chi connectivity index (χ0n) is 46.4. The monoisotopic (exact) mass is 974 g/mol. The number of nitrogens with zero attached hydrogens (tertiary/aromatic N) is 5. The standard InChI is InChI=1S/C69H75N5/c1-15-17-20-30-57(64-71-58(46-26-21-18-22-27-46)43-59(72-64)47-28-23-19-24-29-47)69(52(44-70)25-16-2,74-62-37-33-50(67(9,10)11)41-55(62)56-42-51(68(12,13)14)34-38-63(56)74)45-73-60-35-31-48(65(3,4)5)39-53(60)54-40-49(66(6,7)8)32-36-61(54)73/h17-43H,15-16,45H2,1-14H3/b20-17-,52-25-,57-30-. The second kappa shape index (κ2) is 19.5. The highest BCUT2D eigenvalue weighted by molar-refractivity contribution is 6.11. The molecule has 0 saturated heterocycles. The van der Waals surface area contributed by atoms with E-state index in [0.717, 1.165) is 67.3 Å². The molecule has 0 N–H and O–H groups in total. The summed E-state index contributed by atoms with van der Waals surface area (Å²) in [5.41, 5.74) is 12.7. The van der Waals surface area contributed by atoms with Gasteiger partial charge in [-0.1, -0.05) is 206 Å². The van der Waals surface area contributed by atoms with E-state index in [1.165, 1.54) is 33.0 Å². The minimum Gasteiger partial charge on any atom is -0.337 e. The Morgan fingerprint density at radius 2 is 0.892 bits per heavy atom. The molecule has 3 aromatic heterocycles. The minimum absolute atomic E-state index is 0.0777. The summed E-state index contributed by atoms with van der Waals surface area (Å²) in [5, 5.41) is 16.9. The molecular weight excluding hydrogens is 899 g/mol. The summed E-state index contributed by atoms with van der Waals surface area (Å²) >= 11 is 0. The second-order valence-corrected chi connectivity index (χ2v) is 24.5. The highest BCUT2D eigenvalue weighted by Crippen LogP contribution is 2.50. The van der Waals surface area contributed by atoms with Crippen molar-refractivity contribution in [3.05, 3.63) is 197 Å². The summed E-state index contributed by atoms with van der Waals surface area (Å²) in [4.78, 5) is 11.3. The average molecular weight is 974 g/mol. The third-order valence-corrected chi connectivity index (χ3v) is 15.0. The van der Waals surface area contributed by atoms with Crippen molar-refractivity contribution in [1.29, 1.82) is 5.26 Å². The summed E-state index contributed by atoms with van der Waals surface area (Å²) in [6, 6.07) is 54.0. The molecule has 9 rings (SSSR count). The normalized spacial score (nSPS) is 14.2. The Labute approximate surface area is 441 Å². The van der Waals surface area contributed by atoms with E-state index in [-0.39, 0.29) is 21.7 Å². The summed E-state index contributed by atoms with van der Waals surface area (Å²) in [5.74, 6) is 0.557. The van der Waals surface area contributed by atoms with Crippen molar-refractivity contribution in [2.24, 2.45) is 0 Å². The van der Waals surface area contributed by atoms with Gasteiger partial charge in [-0.25, -0.2) is 9.97 Å². The maximum absolute atomic E-state index is 12.2. The minimum atomic E-state index is -1.26. The van der Waals surface area contributed by atoms with Gasteiger partial charge in [0, 0.05) is 49.3 Å². The van der Waals surface area contributed by atoms with Crippen LogP contribution in [0.25, 0.3) is 71.7 Å². The smallest absolute Gasteiger partial charge is 0.159 e. The predicted octanol–water partition coefficient (Wildman–Crippen LogP) is 18.5. The number of fused-ring (bicyclic) bond motifs is 6. The van der Waals surface area contributed by atoms with E-state index in [4.69, 9.17) is 9.97 Å². The lowest BCUT2D eigenvalue weighted by Gasteiger charge is -2.40. The highest BCUT2D eigenvalue weighted by Gasteiger charge is 2.46. The van der Waals surface area contributed by atoms with Gasteiger partial charge in [0.15, 0.2) is 5.82 Å². The number of hydrogen-bond donors (Lipinski definition) is 0. The molecule has 3 heterocycles. The van der Waals surface area contributed by atoms with E-state index < -0.39 is 5.54 Å². The Hall–Kier alpha value is -7.29. The molecule has 0 spiro atoms. The highest BCUT2D eigenvalue weighted by atomic mass is 15.2. The molecule has 0 aliphatic rings. The molecule has 74 heavy (non-hydrogen) atoms. The molecule has 1 unspecified atom stereocenters. The van der Waals surface area contributed by atoms with E-state index >= 15 is 0 Å². The molecule has 5 nitrogen and oxygen atoms in total. The Bertz CT molecular complexity index is 3490. The van der Waals surface area contributed by atoms with Gasteiger partial charge in [0.1, 0.15) is 5.54 Å². The third-order valence-electron chi connectivity index (χ3n) is 15.0. The van der Waals surface area contributed by atoms with E-state index in [1.54, 1.807) is 0 Å². The quantitative estimate of drug-likeness (QED) is 0.0958. The van der Waals surface area contributed by atoms with Crippen molar-refractivity contribution >= 4 is 49.2 Å². The molecule has 9 aromatic rings. The van der Waals surface area contributed by atoms with E-state index in [9.17, 15) is 5.26 Å². The lowest BCUT2D eigenvalue weighted by molar-refractivity contribution is 0.425. The van der Waals surface area contributed by atoms with Gasteiger partial charge >= 0.3 is 0 Å². The van der Waals surface area contributed by atoms with Gasteiger partial charge in [0.25, 0.3) is 0 Å². The van der Waals surface area contributed by atoms with Crippen LogP contribution >= 0.6 is 0 Å². The fourth-order valence-electron chi connectivity index (χ4n) is 10.7. The second-order valence-electron chi connectivity index (χ2n) is 24.5. The molecule has 1 atom stereocenters. The van der Waals surface area contributed by atoms with E-state index in [1.807, 2.05) is 12.1 Å². The first-order valence-corrected chi connectivity index (χ1v) is 26.7. The first-order valence-electron chi connectivity index (χ1n) is 26.7. The van der Waals surface area contributed by atoms with Crippen LogP contribution in [0.4, 0.5) is 0 Å². The van der Waals surface area contributed by atoms with Gasteiger partial charge in [-0.05, 0) is 111 Å². The zero-order valence-corrected chi connectivity index (χ0v) is 46.4. The van der Waals surface area contributed by atoms with E-state index in [0.29, 0.717) is 24.4 Å². The molecule has 0 radical (unpaired) electrons. The van der Waals surface area contributed by atoms with Crippen LogP contribution in [-0.4, -0.2) is 19.1 Å². The summed E-state index contributed by atoms with van der Waals surface area (Å²) in [7, 11) is 0. The summed E-state index contributed by atoms with van der Waals surface area (Å²) in [6.07, 6.45) is 10.2. The summed E-state index contributed by atoms with van der Waals surface area (Å²) in [6.45, 7) is 32.1. The van der Waals surface area contributed by atoms with E-state index in [2.05, 4.69) is 264 Å². The van der Waals surface area contributed by atoms with Crippen LogP contribution in [-0.2, 0) is 33.7 Å². The molecule has 0 amide bonds. The topological polar surface area (TPSA) is 59.4 Å². The van der Waals surface area contributed by atoms with Crippen LogP contribution in [0.5, 0.6) is 0 Å². The van der Waals surface area contributed by atoms with Crippen molar-refractivity contribution in [2.45, 2.75) is 144 Å². The Kier molecular flexibility index (Phi) is 13.6. The van der Waals surface area contributed by atoms with Crippen molar-refractivity contribution < 1.29 is 0 Å². The first kappa shape index (κ1) is 51.6. The number of aromatic nitrogens is 4. The van der Waals surface area contributed by atoms with Gasteiger partial charge in [0.05, 0.1) is 40.6 Å². The SMILES string of the molecule is CC/C=C\C=C(\c1nc(-c2ccccc2)cc(-c2ccccc2)n1)C(Cn1c2ccc(C(C)(C)C)cc2c2cc(C(C)(C)C)ccc21)(/C(C#N)=C\CC)n1c2ccc(C(C)(C)C)cc2c2cc(C(C)(C)C)ccc21. The van der Waals surface area contributed by atoms with Crippen molar-refractivity contribution in [3.8, 4) is 28.6 Å². The van der Waals surface area contributed by atoms with Gasteiger partial charge in [0.2, 0.25) is 0 Å². The first-order chi connectivity index (χ1) is 35.1. The lowest BCUT2D eigenvalue weighted by atomic mass is 9.79. The lowest BCUT2D eigenvalue weighted by Crippen LogP contribution is -2.42. The molecule has 0 fully saturated rings. The van der Waals surface area contributed by atoms with Gasteiger partial charge < -0.3 is 9.13 Å². The maximum Gasteiger partial charge on any atom is 0.159 e. The van der Waals surface area contributed by atoms with Crippen LogP contribution in [0.2, 0.25) is 0 Å².